The minimum Gasteiger partial charge on any atom is -0.496 e. The Labute approximate surface area is 324 Å². The van der Waals surface area contributed by atoms with Gasteiger partial charge in [0.25, 0.3) is 0 Å². The van der Waals surface area contributed by atoms with Gasteiger partial charge in [-0.2, -0.15) is 39.5 Å². The number of hydrogen-bond donors (Lipinski definition) is 0. The minimum atomic E-state index is -5.17. The fourth-order valence-electron chi connectivity index (χ4n) is 6.22. The second kappa shape index (κ2) is 17.4. The molecule has 1 aromatic heterocycles. The molecule has 0 radical (unpaired) electrons. The predicted molar refractivity (Wildman–Crippen MR) is 193 cm³/mol. The molecular formula is C40H44F9N3O5. The Bertz CT molecular complexity index is 1900. The lowest BCUT2D eigenvalue weighted by atomic mass is 9.77. The third-order valence-corrected chi connectivity index (χ3v) is 8.92. The summed E-state index contributed by atoms with van der Waals surface area (Å²) < 4.78 is 150. The number of aromatic nitrogens is 2. The van der Waals surface area contributed by atoms with Crippen molar-refractivity contribution in [1.29, 1.82) is 0 Å². The number of esters is 1. The summed E-state index contributed by atoms with van der Waals surface area (Å²) in [5.74, 6) is -1.12. The average molecular weight is 818 g/mol. The van der Waals surface area contributed by atoms with E-state index in [9.17, 15) is 44.3 Å². The van der Waals surface area contributed by atoms with E-state index in [4.69, 9.17) is 18.9 Å². The van der Waals surface area contributed by atoms with E-state index in [-0.39, 0.29) is 48.7 Å². The highest BCUT2D eigenvalue weighted by Crippen LogP contribution is 2.47. The topological polar surface area (TPSA) is 83.0 Å². The number of carbonyl (C=O) groups is 1. The van der Waals surface area contributed by atoms with Crippen LogP contribution in [-0.2, 0) is 37.9 Å². The highest BCUT2D eigenvalue weighted by Gasteiger charge is 2.49. The lowest BCUT2D eigenvalue weighted by Gasteiger charge is -2.42. The van der Waals surface area contributed by atoms with Gasteiger partial charge in [0.15, 0.2) is 5.75 Å². The average Bonchev–Trinajstić information content (AvgIpc) is 3.11. The van der Waals surface area contributed by atoms with Gasteiger partial charge in [0.2, 0.25) is 5.95 Å². The molecule has 57 heavy (non-hydrogen) atoms. The van der Waals surface area contributed by atoms with Crippen LogP contribution in [0.1, 0.15) is 87.6 Å². The van der Waals surface area contributed by atoms with Crippen molar-refractivity contribution < 1.29 is 63.3 Å². The smallest absolute Gasteiger partial charge is 0.416 e. The van der Waals surface area contributed by atoms with Crippen molar-refractivity contribution in [3.8, 4) is 5.75 Å². The molecule has 1 atom stereocenters. The molecule has 17 heteroatoms. The number of nitrogens with zero attached hydrogens (tertiary/aromatic N) is 3. The van der Waals surface area contributed by atoms with Crippen LogP contribution in [0.4, 0.5) is 45.5 Å². The van der Waals surface area contributed by atoms with Crippen LogP contribution in [0.3, 0.4) is 0 Å². The second-order valence-corrected chi connectivity index (χ2v) is 14.8. The standard InChI is InChI=1S/C40H44F9N3O5/c1-24(2)26-10-8-11-27(16-26)31-18-33(54-6)32(40(47,48)49)19-37(31,55-7)23-52(22-25-14-28(38(41,42)43)17-29(15-25)39(44,45)46)35-50-20-30(21-51-35)56-13-9-12-34(53)57-36(3,4)5/h8,10-11,14-18,20-21,24H,9,12-13,19,22-23H2,1-7H3/t37-/m0/s1. The van der Waals surface area contributed by atoms with E-state index in [0.29, 0.717) is 17.7 Å². The number of allylic oxidation sites excluding steroid dienone is 1. The molecule has 0 bridgehead atoms. The second-order valence-electron chi connectivity index (χ2n) is 14.8. The third-order valence-electron chi connectivity index (χ3n) is 8.92. The SMILES string of the molecule is COC1=C(C(F)(F)F)C[C@@](CN(Cc2cc(C(F)(F)F)cc(C(F)(F)F)c2)c2ncc(OCCCC(=O)OC(C)(C)C)cn2)(OC)C(c2cccc(C(C)C)c2)=C1. The highest BCUT2D eigenvalue weighted by atomic mass is 19.4. The molecule has 0 aliphatic heterocycles. The largest absolute Gasteiger partial charge is 0.496 e. The molecule has 0 saturated carbocycles. The Hall–Kier alpha value is -4.80. The van der Waals surface area contributed by atoms with Crippen molar-refractivity contribution in [1.82, 2.24) is 9.97 Å². The molecule has 8 nitrogen and oxygen atoms in total. The Morgan fingerprint density at radius 1 is 0.877 bits per heavy atom. The molecule has 4 rings (SSSR count). The minimum absolute atomic E-state index is 0.000869. The summed E-state index contributed by atoms with van der Waals surface area (Å²) in [6.07, 6.45) is -12.3. The van der Waals surface area contributed by atoms with Crippen LogP contribution in [0.2, 0.25) is 0 Å². The summed E-state index contributed by atoms with van der Waals surface area (Å²) in [5.41, 5.74) is -5.92. The first-order valence-electron chi connectivity index (χ1n) is 17.8. The third kappa shape index (κ3) is 11.9. The number of halogens is 9. The molecule has 0 spiro atoms. The number of rotatable bonds is 14. The number of alkyl halides is 9. The highest BCUT2D eigenvalue weighted by molar-refractivity contribution is 5.78. The van der Waals surface area contributed by atoms with Crippen LogP contribution in [-0.4, -0.2) is 60.7 Å². The molecule has 0 fully saturated rings. The van der Waals surface area contributed by atoms with Crippen LogP contribution < -0.4 is 9.64 Å². The summed E-state index contributed by atoms with van der Waals surface area (Å²) >= 11 is 0. The van der Waals surface area contributed by atoms with Crippen molar-refractivity contribution >= 4 is 17.5 Å². The van der Waals surface area contributed by atoms with Gasteiger partial charge in [-0.05, 0) is 79.6 Å². The molecule has 0 N–H and O–H groups in total. The molecule has 0 saturated heterocycles. The first-order valence-corrected chi connectivity index (χ1v) is 17.8. The molecule has 1 aliphatic carbocycles. The fraction of sp³-hybridized carbons (Fsp3) is 0.475. The number of hydrogen-bond acceptors (Lipinski definition) is 8. The lowest BCUT2D eigenvalue weighted by molar-refractivity contribution is -0.155. The summed E-state index contributed by atoms with van der Waals surface area (Å²) in [5, 5.41) is 0. The van der Waals surface area contributed by atoms with Crippen molar-refractivity contribution in [3.05, 3.63) is 100 Å². The van der Waals surface area contributed by atoms with Crippen LogP contribution in [0.15, 0.2) is 72.3 Å². The van der Waals surface area contributed by atoms with Crippen LogP contribution in [0, 0.1) is 0 Å². The van der Waals surface area contributed by atoms with Crippen LogP contribution >= 0.6 is 0 Å². The van der Waals surface area contributed by atoms with E-state index < -0.39 is 83.2 Å². The van der Waals surface area contributed by atoms with Crippen LogP contribution in [0.5, 0.6) is 5.75 Å². The summed E-state index contributed by atoms with van der Waals surface area (Å²) in [4.78, 5) is 21.7. The van der Waals surface area contributed by atoms with Crippen molar-refractivity contribution in [3.63, 3.8) is 0 Å². The fourth-order valence-corrected chi connectivity index (χ4v) is 6.22. The molecule has 1 aliphatic rings. The first kappa shape index (κ1) is 44.9. The zero-order valence-corrected chi connectivity index (χ0v) is 32.4. The molecule has 3 aromatic rings. The maximum Gasteiger partial charge on any atom is 0.416 e. The monoisotopic (exact) mass is 817 g/mol. The molecule has 312 valence electrons. The van der Waals surface area contributed by atoms with E-state index >= 15 is 0 Å². The summed E-state index contributed by atoms with van der Waals surface area (Å²) in [7, 11) is 2.23. The predicted octanol–water partition coefficient (Wildman–Crippen LogP) is 10.5. The molecule has 2 aromatic carbocycles. The van der Waals surface area contributed by atoms with E-state index in [1.807, 2.05) is 19.9 Å². The number of anilines is 1. The van der Waals surface area contributed by atoms with Crippen LogP contribution in [0.25, 0.3) is 5.57 Å². The first-order chi connectivity index (χ1) is 26.3. The van der Waals surface area contributed by atoms with Crippen molar-refractivity contribution in [2.45, 2.75) is 96.1 Å². The normalized spacial score (nSPS) is 16.8. The van der Waals surface area contributed by atoms with Gasteiger partial charge in [0.1, 0.15) is 17.0 Å². The van der Waals surface area contributed by atoms with Gasteiger partial charge < -0.3 is 23.8 Å². The Balaban J connectivity index is 1.82. The Morgan fingerprint density at radius 3 is 2.00 bits per heavy atom. The number of methoxy groups -OCH3 is 2. The van der Waals surface area contributed by atoms with E-state index in [1.54, 1.807) is 39.0 Å². The maximum atomic E-state index is 14.7. The van der Waals surface area contributed by atoms with Gasteiger partial charge in [-0.15, -0.1) is 0 Å². The van der Waals surface area contributed by atoms with Crippen molar-refractivity contribution in [2.24, 2.45) is 0 Å². The Kier molecular flexibility index (Phi) is 13.7. The van der Waals surface area contributed by atoms with Gasteiger partial charge in [0, 0.05) is 26.5 Å². The molecule has 0 amide bonds. The van der Waals surface area contributed by atoms with Gasteiger partial charge in [-0.3, -0.25) is 4.79 Å². The summed E-state index contributed by atoms with van der Waals surface area (Å²) in [6, 6.07) is 7.97. The number of benzene rings is 2. The number of ether oxygens (including phenoxy) is 4. The van der Waals surface area contributed by atoms with Gasteiger partial charge in [-0.25, -0.2) is 9.97 Å². The zero-order valence-electron chi connectivity index (χ0n) is 32.4. The molecule has 1 heterocycles. The van der Waals surface area contributed by atoms with E-state index in [1.165, 1.54) is 18.5 Å². The van der Waals surface area contributed by atoms with Gasteiger partial charge >= 0.3 is 24.5 Å². The summed E-state index contributed by atoms with van der Waals surface area (Å²) in [6.45, 7) is 7.70. The number of carbonyl (C=O) groups excluding carboxylic acids is 1. The zero-order chi connectivity index (χ0) is 42.6. The van der Waals surface area contributed by atoms with Gasteiger partial charge in [-0.1, -0.05) is 38.1 Å². The maximum absolute atomic E-state index is 14.7. The molecular weight excluding hydrogens is 773 g/mol. The van der Waals surface area contributed by atoms with Crippen molar-refractivity contribution in [2.75, 3.05) is 32.3 Å². The van der Waals surface area contributed by atoms with Gasteiger partial charge in [0.05, 0.1) is 49.4 Å². The van der Waals surface area contributed by atoms with E-state index in [2.05, 4.69) is 9.97 Å². The van der Waals surface area contributed by atoms with E-state index in [0.717, 1.165) is 24.7 Å². The quantitative estimate of drug-likeness (QED) is 0.0904. The lowest BCUT2D eigenvalue weighted by Crippen LogP contribution is -2.48. The Morgan fingerprint density at radius 2 is 1.49 bits per heavy atom. The molecule has 0 unspecified atom stereocenters.